The van der Waals surface area contributed by atoms with Crippen molar-refractivity contribution in [3.63, 3.8) is 0 Å². The standard InChI is InChI=1S/C32H30N4O4S/c1-3-29(32(39)34-24-14-16-26(40-2)17-15-24)41-27-13-7-12-25(20-27)35-31(38)28(19-22-9-8-18-33-21-22)36-30(37)23-10-5-4-6-11-23/h4-21,29H,3H2,1-2H3,(H,34,39)(H,35,38)(H,36,37)/b28-19-. The number of nitrogens with zero attached hydrogens (tertiary/aromatic N) is 1. The summed E-state index contributed by atoms with van der Waals surface area (Å²) in [6.07, 6.45) is 5.40. The van der Waals surface area contributed by atoms with Crippen LogP contribution < -0.4 is 20.7 Å². The van der Waals surface area contributed by atoms with Crippen LogP contribution in [0.25, 0.3) is 6.08 Å². The third-order valence-electron chi connectivity index (χ3n) is 5.92. The van der Waals surface area contributed by atoms with Gasteiger partial charge in [-0.3, -0.25) is 19.4 Å². The van der Waals surface area contributed by atoms with Crippen molar-refractivity contribution < 1.29 is 19.1 Å². The van der Waals surface area contributed by atoms with Gasteiger partial charge in [0.25, 0.3) is 11.8 Å². The molecule has 3 aromatic carbocycles. The van der Waals surface area contributed by atoms with Crippen molar-refractivity contribution in [1.82, 2.24) is 10.3 Å². The van der Waals surface area contributed by atoms with E-state index in [1.54, 1.807) is 104 Å². The molecule has 1 heterocycles. The van der Waals surface area contributed by atoms with Crippen LogP contribution in [0.1, 0.15) is 29.3 Å². The van der Waals surface area contributed by atoms with Gasteiger partial charge in [0.05, 0.1) is 12.4 Å². The highest BCUT2D eigenvalue weighted by Gasteiger charge is 2.19. The van der Waals surface area contributed by atoms with E-state index in [1.807, 2.05) is 19.1 Å². The Labute approximate surface area is 243 Å². The van der Waals surface area contributed by atoms with Crippen LogP contribution in [0.2, 0.25) is 0 Å². The maximum Gasteiger partial charge on any atom is 0.272 e. The number of pyridine rings is 1. The average Bonchev–Trinajstić information content (AvgIpc) is 3.01. The van der Waals surface area contributed by atoms with Crippen LogP contribution >= 0.6 is 11.8 Å². The number of hydrogen-bond donors (Lipinski definition) is 3. The fourth-order valence-electron chi connectivity index (χ4n) is 3.80. The smallest absolute Gasteiger partial charge is 0.272 e. The second-order valence-corrected chi connectivity index (χ2v) is 10.2. The number of benzene rings is 3. The van der Waals surface area contributed by atoms with Gasteiger partial charge >= 0.3 is 0 Å². The number of aromatic nitrogens is 1. The minimum Gasteiger partial charge on any atom is -0.497 e. The number of anilines is 2. The molecule has 4 rings (SSSR count). The van der Waals surface area contributed by atoms with Gasteiger partial charge in [-0.2, -0.15) is 0 Å². The van der Waals surface area contributed by atoms with Crippen molar-refractivity contribution in [3.05, 3.63) is 120 Å². The molecule has 4 aromatic rings. The summed E-state index contributed by atoms with van der Waals surface area (Å²) in [7, 11) is 1.59. The second kappa shape index (κ2) is 14.5. The molecule has 1 atom stereocenters. The Kier molecular flexibility index (Phi) is 10.3. The third kappa shape index (κ3) is 8.55. The summed E-state index contributed by atoms with van der Waals surface area (Å²) in [5, 5.41) is 8.17. The average molecular weight is 567 g/mol. The molecular formula is C32H30N4O4S. The molecule has 0 radical (unpaired) electrons. The van der Waals surface area contributed by atoms with Crippen LogP contribution in [0.15, 0.2) is 114 Å². The Morgan fingerprint density at radius 1 is 0.902 bits per heavy atom. The molecule has 0 saturated carbocycles. The molecule has 208 valence electrons. The van der Waals surface area contributed by atoms with E-state index in [0.29, 0.717) is 34.7 Å². The molecule has 3 N–H and O–H groups in total. The van der Waals surface area contributed by atoms with Gasteiger partial charge in [0.2, 0.25) is 5.91 Å². The number of nitrogens with one attached hydrogen (secondary N) is 3. The summed E-state index contributed by atoms with van der Waals surface area (Å²) in [6.45, 7) is 1.95. The van der Waals surface area contributed by atoms with Crippen LogP contribution in [0, 0.1) is 0 Å². The normalized spacial score (nSPS) is 11.7. The van der Waals surface area contributed by atoms with Crippen LogP contribution in [0.4, 0.5) is 11.4 Å². The zero-order valence-corrected chi connectivity index (χ0v) is 23.5. The van der Waals surface area contributed by atoms with E-state index in [1.165, 1.54) is 11.8 Å². The zero-order chi connectivity index (χ0) is 29.0. The SMILES string of the molecule is CCC(Sc1cccc(NC(=O)/C(=C/c2cccnc2)NC(=O)c2ccccc2)c1)C(=O)Nc1ccc(OC)cc1. The Morgan fingerprint density at radius 3 is 2.37 bits per heavy atom. The first kappa shape index (κ1) is 29.1. The first-order valence-corrected chi connectivity index (χ1v) is 13.8. The van der Waals surface area contributed by atoms with Crippen molar-refractivity contribution in [2.75, 3.05) is 17.7 Å². The molecule has 0 saturated heterocycles. The van der Waals surface area contributed by atoms with Gasteiger partial charge < -0.3 is 20.7 Å². The minimum atomic E-state index is -0.496. The van der Waals surface area contributed by atoms with Gasteiger partial charge in [-0.25, -0.2) is 0 Å². The largest absolute Gasteiger partial charge is 0.497 e. The fraction of sp³-hybridized carbons (Fsp3) is 0.125. The summed E-state index contributed by atoms with van der Waals surface area (Å²) in [4.78, 5) is 44.0. The molecule has 1 unspecified atom stereocenters. The van der Waals surface area contributed by atoms with E-state index in [0.717, 1.165) is 4.90 Å². The molecule has 0 aliphatic rings. The third-order valence-corrected chi connectivity index (χ3v) is 7.27. The monoisotopic (exact) mass is 566 g/mol. The highest BCUT2D eigenvalue weighted by molar-refractivity contribution is 8.00. The maximum absolute atomic E-state index is 13.3. The number of hydrogen-bond acceptors (Lipinski definition) is 6. The number of methoxy groups -OCH3 is 1. The lowest BCUT2D eigenvalue weighted by molar-refractivity contribution is -0.116. The van der Waals surface area contributed by atoms with E-state index < -0.39 is 11.8 Å². The van der Waals surface area contributed by atoms with E-state index in [9.17, 15) is 14.4 Å². The summed E-state index contributed by atoms with van der Waals surface area (Å²) in [5.74, 6) is -0.317. The number of carbonyl (C=O) groups is 3. The molecule has 41 heavy (non-hydrogen) atoms. The molecule has 9 heteroatoms. The lowest BCUT2D eigenvalue weighted by Crippen LogP contribution is -2.30. The Balaban J connectivity index is 1.46. The van der Waals surface area contributed by atoms with E-state index in [-0.39, 0.29) is 16.9 Å². The molecule has 0 aliphatic carbocycles. The van der Waals surface area contributed by atoms with Crippen molar-refractivity contribution in [1.29, 1.82) is 0 Å². The highest BCUT2D eigenvalue weighted by Crippen LogP contribution is 2.29. The number of thioether (sulfide) groups is 1. The molecule has 0 fully saturated rings. The Bertz CT molecular complexity index is 1510. The van der Waals surface area contributed by atoms with E-state index in [4.69, 9.17) is 4.74 Å². The first-order valence-electron chi connectivity index (χ1n) is 13.0. The molecule has 8 nitrogen and oxygen atoms in total. The van der Waals surface area contributed by atoms with Crippen molar-refractivity contribution >= 4 is 46.9 Å². The maximum atomic E-state index is 13.3. The predicted molar refractivity (Wildman–Crippen MR) is 163 cm³/mol. The highest BCUT2D eigenvalue weighted by atomic mass is 32.2. The molecular weight excluding hydrogens is 536 g/mol. The quantitative estimate of drug-likeness (QED) is 0.152. The lowest BCUT2D eigenvalue weighted by Gasteiger charge is -2.16. The summed E-state index contributed by atoms with van der Waals surface area (Å²) >= 11 is 1.40. The first-order chi connectivity index (χ1) is 19.9. The number of ether oxygens (including phenoxy) is 1. The van der Waals surface area contributed by atoms with Gasteiger partial charge in [0.1, 0.15) is 11.4 Å². The molecule has 0 aliphatic heterocycles. The molecule has 0 bridgehead atoms. The summed E-state index contributed by atoms with van der Waals surface area (Å²) in [6, 6.07) is 26.6. The van der Waals surface area contributed by atoms with Gasteiger partial charge in [-0.15, -0.1) is 11.8 Å². The lowest BCUT2D eigenvalue weighted by atomic mass is 10.2. The van der Waals surface area contributed by atoms with Crippen LogP contribution in [0.3, 0.4) is 0 Å². The summed E-state index contributed by atoms with van der Waals surface area (Å²) < 4.78 is 5.17. The van der Waals surface area contributed by atoms with Crippen molar-refractivity contribution in [2.45, 2.75) is 23.5 Å². The number of carbonyl (C=O) groups excluding carboxylic acids is 3. The van der Waals surface area contributed by atoms with Crippen molar-refractivity contribution in [3.8, 4) is 5.75 Å². The van der Waals surface area contributed by atoms with Crippen LogP contribution in [0.5, 0.6) is 5.75 Å². The van der Waals surface area contributed by atoms with Gasteiger partial charge in [0, 0.05) is 34.2 Å². The van der Waals surface area contributed by atoms with Gasteiger partial charge in [0.15, 0.2) is 0 Å². The van der Waals surface area contributed by atoms with Crippen LogP contribution in [-0.4, -0.2) is 35.1 Å². The van der Waals surface area contributed by atoms with E-state index >= 15 is 0 Å². The minimum absolute atomic E-state index is 0.0650. The van der Waals surface area contributed by atoms with Crippen molar-refractivity contribution in [2.24, 2.45) is 0 Å². The zero-order valence-electron chi connectivity index (χ0n) is 22.7. The fourth-order valence-corrected chi connectivity index (χ4v) is 4.81. The molecule has 0 spiro atoms. The Morgan fingerprint density at radius 2 is 1.68 bits per heavy atom. The Hall–Kier alpha value is -4.89. The summed E-state index contributed by atoms with van der Waals surface area (Å²) in [5.41, 5.74) is 2.35. The predicted octanol–water partition coefficient (Wildman–Crippen LogP) is 6.01. The van der Waals surface area contributed by atoms with Gasteiger partial charge in [-0.1, -0.05) is 37.3 Å². The molecule has 3 amide bonds. The molecule has 1 aromatic heterocycles. The second-order valence-electron chi connectivity index (χ2n) is 8.88. The van der Waals surface area contributed by atoms with Gasteiger partial charge in [-0.05, 0) is 78.7 Å². The topological polar surface area (TPSA) is 109 Å². The number of rotatable bonds is 11. The van der Waals surface area contributed by atoms with E-state index in [2.05, 4.69) is 20.9 Å². The van der Waals surface area contributed by atoms with Crippen LogP contribution in [-0.2, 0) is 9.59 Å². The number of amides is 3.